The number of methoxy groups -OCH3 is 1. The van der Waals surface area contributed by atoms with Gasteiger partial charge < -0.3 is 4.74 Å². The molecule has 0 aromatic heterocycles. The van der Waals surface area contributed by atoms with Gasteiger partial charge in [0.1, 0.15) is 6.23 Å². The first-order chi connectivity index (χ1) is 6.36. The van der Waals surface area contributed by atoms with E-state index in [1.54, 1.807) is 0 Å². The number of benzene rings is 1. The van der Waals surface area contributed by atoms with Gasteiger partial charge in [-0.2, -0.15) is 0 Å². The second-order valence-corrected chi connectivity index (χ2v) is 2.58. The number of ether oxygens (including phenoxy) is 1. The molecule has 0 aliphatic carbocycles. The van der Waals surface area contributed by atoms with Gasteiger partial charge in [-0.05, 0) is 11.1 Å². The number of nitrogens with zero attached hydrogens (tertiary/aromatic N) is 3. The number of azide groups is 1. The number of rotatable bonds is 4. The summed E-state index contributed by atoms with van der Waals surface area (Å²) in [6, 6.07) is 9.77. The van der Waals surface area contributed by atoms with Crippen LogP contribution in [0, 0.1) is 0 Å². The van der Waals surface area contributed by atoms with Crippen molar-refractivity contribution in [2.75, 3.05) is 7.11 Å². The molecule has 1 rings (SSSR count). The van der Waals surface area contributed by atoms with E-state index in [1.165, 1.54) is 7.11 Å². The van der Waals surface area contributed by atoms with E-state index in [4.69, 9.17) is 10.3 Å². The van der Waals surface area contributed by atoms with Crippen LogP contribution in [0.1, 0.15) is 5.56 Å². The van der Waals surface area contributed by atoms with Gasteiger partial charge in [0.05, 0.1) is 0 Å². The molecule has 0 saturated carbocycles. The van der Waals surface area contributed by atoms with E-state index in [9.17, 15) is 0 Å². The van der Waals surface area contributed by atoms with Gasteiger partial charge >= 0.3 is 0 Å². The molecule has 0 amide bonds. The number of hydrogen-bond acceptors (Lipinski definition) is 2. The molecule has 0 N–H and O–H groups in total. The normalized spacial score (nSPS) is 11.8. The third kappa shape index (κ3) is 3.15. The summed E-state index contributed by atoms with van der Waals surface area (Å²) in [5, 5.41) is 3.50. The second kappa shape index (κ2) is 5.19. The third-order valence-electron chi connectivity index (χ3n) is 1.71. The molecule has 0 bridgehead atoms. The smallest absolute Gasteiger partial charge is 0.140 e. The summed E-state index contributed by atoms with van der Waals surface area (Å²) in [7, 11) is 1.53. The van der Waals surface area contributed by atoms with Crippen LogP contribution in [-0.4, -0.2) is 13.3 Å². The average Bonchev–Trinajstić information content (AvgIpc) is 2.19. The van der Waals surface area contributed by atoms with Gasteiger partial charge in [-0.25, -0.2) is 0 Å². The Morgan fingerprint density at radius 1 is 1.46 bits per heavy atom. The van der Waals surface area contributed by atoms with Gasteiger partial charge in [0, 0.05) is 18.4 Å². The molecule has 0 radical (unpaired) electrons. The molecular formula is C9H11N3O. The van der Waals surface area contributed by atoms with E-state index in [0.29, 0.717) is 6.42 Å². The molecule has 4 heteroatoms. The molecule has 4 nitrogen and oxygen atoms in total. The van der Waals surface area contributed by atoms with E-state index < -0.39 is 6.23 Å². The van der Waals surface area contributed by atoms with Gasteiger partial charge in [0.25, 0.3) is 0 Å². The van der Waals surface area contributed by atoms with Crippen molar-refractivity contribution in [1.82, 2.24) is 0 Å². The Morgan fingerprint density at radius 2 is 2.15 bits per heavy atom. The van der Waals surface area contributed by atoms with Crippen molar-refractivity contribution in [1.29, 1.82) is 0 Å². The summed E-state index contributed by atoms with van der Waals surface area (Å²) in [5.41, 5.74) is 9.32. The van der Waals surface area contributed by atoms with E-state index >= 15 is 0 Å². The summed E-state index contributed by atoms with van der Waals surface area (Å²) in [6.45, 7) is 0. The first-order valence-electron chi connectivity index (χ1n) is 3.97. The highest BCUT2D eigenvalue weighted by atomic mass is 16.5. The Kier molecular flexibility index (Phi) is 3.82. The molecule has 0 spiro atoms. The highest BCUT2D eigenvalue weighted by Gasteiger charge is 2.04. The molecule has 0 aliphatic rings. The van der Waals surface area contributed by atoms with Crippen LogP contribution in [0.25, 0.3) is 10.4 Å². The lowest BCUT2D eigenvalue weighted by molar-refractivity contribution is 0.109. The standard InChI is InChI=1S/C9H11N3O/c1-13-9(11-12-10)7-8-5-3-2-4-6-8/h2-6,9H,7H2,1H3. The van der Waals surface area contributed by atoms with Crippen LogP contribution in [0.15, 0.2) is 35.4 Å². The first-order valence-corrected chi connectivity index (χ1v) is 3.97. The zero-order valence-corrected chi connectivity index (χ0v) is 7.42. The minimum absolute atomic E-state index is 0.410. The summed E-state index contributed by atoms with van der Waals surface area (Å²) in [4.78, 5) is 2.70. The molecule has 0 heterocycles. The van der Waals surface area contributed by atoms with Crippen LogP contribution >= 0.6 is 0 Å². The maximum absolute atomic E-state index is 8.22. The van der Waals surface area contributed by atoms with Crippen LogP contribution in [0.2, 0.25) is 0 Å². The molecule has 1 atom stereocenters. The molecule has 0 aliphatic heterocycles. The fourth-order valence-corrected chi connectivity index (χ4v) is 1.04. The fourth-order valence-electron chi connectivity index (χ4n) is 1.04. The average molecular weight is 177 g/mol. The first kappa shape index (κ1) is 9.58. The highest BCUT2D eigenvalue weighted by molar-refractivity contribution is 5.15. The predicted molar refractivity (Wildman–Crippen MR) is 50.1 cm³/mol. The van der Waals surface area contributed by atoms with Crippen LogP contribution < -0.4 is 0 Å². The quantitative estimate of drug-likeness (QED) is 0.396. The topological polar surface area (TPSA) is 58.0 Å². The van der Waals surface area contributed by atoms with Gasteiger partial charge in [-0.15, -0.1) is 0 Å². The third-order valence-corrected chi connectivity index (χ3v) is 1.71. The minimum atomic E-state index is -0.410. The van der Waals surface area contributed by atoms with Crippen molar-refractivity contribution in [3.05, 3.63) is 46.3 Å². The summed E-state index contributed by atoms with van der Waals surface area (Å²) >= 11 is 0. The molecule has 0 saturated heterocycles. The van der Waals surface area contributed by atoms with Crippen LogP contribution in [0.3, 0.4) is 0 Å². The molecule has 0 fully saturated rings. The van der Waals surface area contributed by atoms with E-state index in [-0.39, 0.29) is 0 Å². The lowest BCUT2D eigenvalue weighted by Crippen LogP contribution is -2.09. The van der Waals surface area contributed by atoms with Crippen molar-refractivity contribution in [2.45, 2.75) is 12.6 Å². The van der Waals surface area contributed by atoms with Crippen molar-refractivity contribution >= 4 is 0 Å². The van der Waals surface area contributed by atoms with Gasteiger partial charge in [-0.1, -0.05) is 35.4 Å². The predicted octanol–water partition coefficient (Wildman–Crippen LogP) is 2.51. The zero-order valence-electron chi connectivity index (χ0n) is 7.42. The van der Waals surface area contributed by atoms with Crippen LogP contribution in [-0.2, 0) is 11.2 Å². The summed E-state index contributed by atoms with van der Waals surface area (Å²) < 4.78 is 4.97. The lowest BCUT2D eigenvalue weighted by atomic mass is 10.1. The van der Waals surface area contributed by atoms with E-state index in [0.717, 1.165) is 5.56 Å². The number of hydrogen-bond donors (Lipinski definition) is 0. The van der Waals surface area contributed by atoms with Crippen LogP contribution in [0.5, 0.6) is 0 Å². The molecule has 13 heavy (non-hydrogen) atoms. The highest BCUT2D eigenvalue weighted by Crippen LogP contribution is 2.06. The van der Waals surface area contributed by atoms with E-state index in [2.05, 4.69) is 10.0 Å². The van der Waals surface area contributed by atoms with Crippen molar-refractivity contribution < 1.29 is 4.74 Å². The SMILES string of the molecule is COC(Cc1ccccc1)N=[N+]=[N-]. The molecule has 1 unspecified atom stereocenters. The molecule has 68 valence electrons. The van der Waals surface area contributed by atoms with Crippen molar-refractivity contribution in [3.8, 4) is 0 Å². The molecule has 1 aromatic carbocycles. The fraction of sp³-hybridized carbons (Fsp3) is 0.333. The lowest BCUT2D eigenvalue weighted by Gasteiger charge is -2.07. The van der Waals surface area contributed by atoms with Crippen LogP contribution in [0.4, 0.5) is 0 Å². The van der Waals surface area contributed by atoms with Crippen molar-refractivity contribution in [3.63, 3.8) is 0 Å². The summed E-state index contributed by atoms with van der Waals surface area (Å²) in [5.74, 6) is 0. The van der Waals surface area contributed by atoms with Gasteiger partial charge in [0.15, 0.2) is 0 Å². The second-order valence-electron chi connectivity index (χ2n) is 2.58. The Labute approximate surface area is 76.8 Å². The largest absolute Gasteiger partial charge is 0.375 e. The maximum atomic E-state index is 8.22. The Bertz CT molecular complexity index is 293. The zero-order chi connectivity index (χ0) is 9.52. The Balaban J connectivity index is 2.61. The minimum Gasteiger partial charge on any atom is -0.375 e. The Morgan fingerprint density at radius 3 is 2.69 bits per heavy atom. The maximum Gasteiger partial charge on any atom is 0.140 e. The van der Waals surface area contributed by atoms with Crippen molar-refractivity contribution in [2.24, 2.45) is 5.11 Å². The summed E-state index contributed by atoms with van der Waals surface area (Å²) in [6.07, 6.45) is 0.203. The Hall–Kier alpha value is -1.51. The molecule has 1 aromatic rings. The monoisotopic (exact) mass is 177 g/mol. The van der Waals surface area contributed by atoms with Gasteiger partial charge in [0.2, 0.25) is 0 Å². The van der Waals surface area contributed by atoms with E-state index in [1.807, 2.05) is 30.3 Å². The van der Waals surface area contributed by atoms with Gasteiger partial charge in [-0.3, -0.25) is 0 Å². The molecular weight excluding hydrogens is 166 g/mol.